The van der Waals surface area contributed by atoms with Crippen LogP contribution in [0.25, 0.3) is 0 Å². The highest BCUT2D eigenvalue weighted by atomic mass is 32.1. The van der Waals surface area contributed by atoms with Crippen molar-refractivity contribution in [3.63, 3.8) is 0 Å². The third-order valence-corrected chi connectivity index (χ3v) is 3.77. The van der Waals surface area contributed by atoms with Crippen LogP contribution >= 0.6 is 11.3 Å². The summed E-state index contributed by atoms with van der Waals surface area (Å²) in [5, 5.41) is 0. The fourth-order valence-electron chi connectivity index (χ4n) is 1.67. The molecule has 0 unspecified atom stereocenters. The number of thiophene rings is 1. The molecular formula is C14H15NOS. The van der Waals surface area contributed by atoms with Gasteiger partial charge in [0.25, 0.3) is 0 Å². The van der Waals surface area contributed by atoms with Gasteiger partial charge in [0.2, 0.25) is 0 Å². The molecule has 0 fully saturated rings. The van der Waals surface area contributed by atoms with E-state index in [1.54, 1.807) is 17.5 Å². The van der Waals surface area contributed by atoms with Gasteiger partial charge in [0, 0.05) is 34.5 Å². The highest BCUT2D eigenvalue weighted by Gasteiger charge is 2.07. The molecule has 2 rings (SSSR count). The van der Waals surface area contributed by atoms with Gasteiger partial charge in [-0.3, -0.25) is 9.78 Å². The monoisotopic (exact) mass is 245 g/mol. The highest BCUT2D eigenvalue weighted by Crippen LogP contribution is 2.18. The first-order valence-electron chi connectivity index (χ1n) is 5.77. The van der Waals surface area contributed by atoms with Crippen LogP contribution in [0.3, 0.4) is 0 Å². The van der Waals surface area contributed by atoms with Crippen molar-refractivity contribution >= 4 is 17.1 Å². The molecule has 0 aliphatic carbocycles. The Morgan fingerprint density at radius 3 is 2.65 bits per heavy atom. The smallest absolute Gasteiger partial charge is 0.144 e. The summed E-state index contributed by atoms with van der Waals surface area (Å²) in [6, 6.07) is 9.83. The van der Waals surface area contributed by atoms with Crippen LogP contribution < -0.4 is 0 Å². The number of carbonyl (C=O) groups excluding carboxylic acids is 1. The third kappa shape index (κ3) is 3.49. The summed E-state index contributed by atoms with van der Waals surface area (Å²) >= 11 is 1.73. The van der Waals surface area contributed by atoms with Crippen LogP contribution in [-0.2, 0) is 24.1 Å². The first-order valence-corrected chi connectivity index (χ1v) is 6.58. The van der Waals surface area contributed by atoms with Gasteiger partial charge in [-0.2, -0.15) is 0 Å². The largest absolute Gasteiger partial charge is 0.299 e. The summed E-state index contributed by atoms with van der Waals surface area (Å²) in [6.45, 7) is 2.13. The van der Waals surface area contributed by atoms with Crippen molar-refractivity contribution in [2.75, 3.05) is 0 Å². The number of hydrogen-bond acceptors (Lipinski definition) is 3. The van der Waals surface area contributed by atoms with E-state index in [4.69, 9.17) is 0 Å². The van der Waals surface area contributed by atoms with Crippen molar-refractivity contribution in [2.45, 2.75) is 26.2 Å². The molecule has 2 aromatic heterocycles. The van der Waals surface area contributed by atoms with Crippen LogP contribution in [0.1, 0.15) is 22.4 Å². The molecule has 3 heteroatoms. The predicted molar refractivity (Wildman–Crippen MR) is 70.3 cm³/mol. The Kier molecular flexibility index (Phi) is 4.04. The number of Topliss-reactive ketones (excluding diaryl/α,β-unsaturated/α-hetero) is 1. The van der Waals surface area contributed by atoms with E-state index in [0.717, 1.165) is 17.0 Å². The van der Waals surface area contributed by atoms with E-state index in [0.29, 0.717) is 12.8 Å². The number of carbonyl (C=O) groups is 1. The van der Waals surface area contributed by atoms with E-state index in [1.165, 1.54) is 4.88 Å². The molecule has 0 amide bonds. The van der Waals surface area contributed by atoms with Crippen molar-refractivity contribution in [2.24, 2.45) is 0 Å². The van der Waals surface area contributed by atoms with Crippen LogP contribution in [0.4, 0.5) is 0 Å². The molecule has 0 aromatic carbocycles. The molecule has 17 heavy (non-hydrogen) atoms. The summed E-state index contributed by atoms with van der Waals surface area (Å²) in [4.78, 5) is 18.5. The number of rotatable bonds is 5. The second kappa shape index (κ2) is 5.73. The lowest BCUT2D eigenvalue weighted by Gasteiger charge is -1.98. The van der Waals surface area contributed by atoms with Crippen LogP contribution in [-0.4, -0.2) is 10.8 Å². The molecule has 2 aromatic rings. The van der Waals surface area contributed by atoms with Gasteiger partial charge in [-0.15, -0.1) is 11.3 Å². The average Bonchev–Trinajstić information content (AvgIpc) is 2.78. The summed E-state index contributed by atoms with van der Waals surface area (Å²) in [7, 11) is 0. The molecule has 0 N–H and O–H groups in total. The molecule has 88 valence electrons. The van der Waals surface area contributed by atoms with Gasteiger partial charge < -0.3 is 0 Å². The topological polar surface area (TPSA) is 30.0 Å². The van der Waals surface area contributed by atoms with Gasteiger partial charge >= 0.3 is 0 Å². The van der Waals surface area contributed by atoms with Crippen LogP contribution in [0.2, 0.25) is 0 Å². The predicted octanol–water partition coefficient (Wildman–Crippen LogP) is 3.06. The van der Waals surface area contributed by atoms with Crippen LogP contribution in [0.15, 0.2) is 36.5 Å². The molecular weight excluding hydrogens is 230 g/mol. The minimum atomic E-state index is 0.230. The maximum absolute atomic E-state index is 11.8. The summed E-state index contributed by atoms with van der Waals surface area (Å²) in [5.41, 5.74) is 0.852. The second-order valence-electron chi connectivity index (χ2n) is 3.93. The van der Waals surface area contributed by atoms with Gasteiger partial charge in [0.1, 0.15) is 5.78 Å². The van der Waals surface area contributed by atoms with Crippen LogP contribution in [0, 0.1) is 0 Å². The first kappa shape index (κ1) is 12.0. The van der Waals surface area contributed by atoms with Gasteiger partial charge in [-0.25, -0.2) is 0 Å². The van der Waals surface area contributed by atoms with E-state index in [-0.39, 0.29) is 5.78 Å². The van der Waals surface area contributed by atoms with E-state index in [2.05, 4.69) is 24.0 Å². The molecule has 0 saturated carbocycles. The SMILES string of the molecule is CCc1ccc(CC(=O)Cc2ccccn2)s1. The van der Waals surface area contributed by atoms with Crippen LogP contribution in [0.5, 0.6) is 0 Å². The Hall–Kier alpha value is -1.48. The maximum Gasteiger partial charge on any atom is 0.144 e. The number of hydrogen-bond donors (Lipinski definition) is 0. The Morgan fingerprint density at radius 2 is 2.00 bits per heavy atom. The number of aryl methyl sites for hydroxylation is 1. The van der Waals surface area contributed by atoms with E-state index < -0.39 is 0 Å². The molecule has 0 aliphatic rings. The maximum atomic E-state index is 11.8. The lowest BCUT2D eigenvalue weighted by molar-refractivity contribution is -0.117. The molecule has 0 radical (unpaired) electrons. The van der Waals surface area contributed by atoms with Gasteiger partial charge in [-0.05, 0) is 30.7 Å². The standard InChI is InChI=1S/C14H15NOS/c1-2-13-6-7-14(17-13)10-12(16)9-11-5-3-4-8-15-11/h3-8H,2,9-10H2,1H3. The first-order chi connectivity index (χ1) is 8.28. The van der Waals surface area contributed by atoms with Crippen molar-refractivity contribution in [3.8, 4) is 0 Å². The molecule has 0 saturated heterocycles. The van der Waals surface area contributed by atoms with Crippen molar-refractivity contribution in [1.29, 1.82) is 0 Å². The van der Waals surface area contributed by atoms with Gasteiger partial charge in [0.15, 0.2) is 0 Å². The molecule has 0 bridgehead atoms. The zero-order chi connectivity index (χ0) is 12.1. The molecule has 0 aliphatic heterocycles. The molecule has 0 atom stereocenters. The van der Waals surface area contributed by atoms with Crippen molar-refractivity contribution in [1.82, 2.24) is 4.98 Å². The lowest BCUT2D eigenvalue weighted by Crippen LogP contribution is -2.06. The van der Waals surface area contributed by atoms with Crippen molar-refractivity contribution < 1.29 is 4.79 Å². The normalized spacial score (nSPS) is 10.4. The highest BCUT2D eigenvalue weighted by molar-refractivity contribution is 7.12. The average molecular weight is 245 g/mol. The van der Waals surface area contributed by atoms with Gasteiger partial charge in [-0.1, -0.05) is 13.0 Å². The van der Waals surface area contributed by atoms with Crippen molar-refractivity contribution in [3.05, 3.63) is 52.0 Å². The Bertz CT molecular complexity index is 490. The van der Waals surface area contributed by atoms with E-state index in [1.807, 2.05) is 18.2 Å². The molecule has 2 nitrogen and oxygen atoms in total. The Balaban J connectivity index is 1.93. The summed E-state index contributed by atoms with van der Waals surface area (Å²) in [6.07, 6.45) is 3.73. The summed E-state index contributed by atoms with van der Waals surface area (Å²) in [5.74, 6) is 0.230. The number of nitrogens with zero attached hydrogens (tertiary/aromatic N) is 1. The Labute approximate surface area is 105 Å². The number of aromatic nitrogens is 1. The van der Waals surface area contributed by atoms with E-state index >= 15 is 0 Å². The zero-order valence-electron chi connectivity index (χ0n) is 9.85. The quantitative estimate of drug-likeness (QED) is 0.810. The molecule has 2 heterocycles. The van der Waals surface area contributed by atoms with E-state index in [9.17, 15) is 4.79 Å². The fraction of sp³-hybridized carbons (Fsp3) is 0.286. The third-order valence-electron chi connectivity index (χ3n) is 2.54. The minimum Gasteiger partial charge on any atom is -0.299 e. The minimum absolute atomic E-state index is 0.230. The fourth-order valence-corrected chi connectivity index (χ4v) is 2.66. The summed E-state index contributed by atoms with van der Waals surface area (Å²) < 4.78 is 0. The lowest BCUT2D eigenvalue weighted by atomic mass is 10.1. The number of ketones is 1. The molecule has 0 spiro atoms. The Morgan fingerprint density at radius 1 is 1.18 bits per heavy atom. The second-order valence-corrected chi connectivity index (χ2v) is 5.19. The number of pyridine rings is 1. The zero-order valence-corrected chi connectivity index (χ0v) is 10.7. The van der Waals surface area contributed by atoms with Gasteiger partial charge in [0.05, 0.1) is 0 Å².